The monoisotopic (exact) mass is 322 g/mol. The number of hydrogen-bond acceptors (Lipinski definition) is 1. The number of alkyl halides is 3. The van der Waals surface area contributed by atoms with Crippen LogP contribution in [0, 0.1) is 0 Å². The van der Waals surface area contributed by atoms with E-state index in [-0.39, 0.29) is 11.7 Å². The van der Waals surface area contributed by atoms with Crippen LogP contribution in [0.4, 0.5) is 23.7 Å². The van der Waals surface area contributed by atoms with Gasteiger partial charge in [-0.05, 0) is 30.2 Å². The standard InChI is InChI=1S/C17H17F3N2O/c1-2-15(12-7-4-3-5-8-12)22-16(23)21-14-10-6-9-13(11-14)17(18,19)20/h3-11,15H,2H2,1H3,(H2,21,22,23). The third kappa shape index (κ3) is 4.74. The van der Waals surface area contributed by atoms with E-state index >= 15 is 0 Å². The van der Waals surface area contributed by atoms with Gasteiger partial charge in [0.25, 0.3) is 0 Å². The van der Waals surface area contributed by atoms with Crippen LogP contribution in [0.5, 0.6) is 0 Å². The zero-order valence-corrected chi connectivity index (χ0v) is 12.5. The summed E-state index contributed by atoms with van der Waals surface area (Å²) < 4.78 is 38.0. The molecule has 0 saturated carbocycles. The third-order valence-electron chi connectivity index (χ3n) is 3.36. The summed E-state index contributed by atoms with van der Waals surface area (Å²) in [6.07, 6.45) is -3.77. The number of benzene rings is 2. The Morgan fingerprint density at radius 1 is 1.09 bits per heavy atom. The smallest absolute Gasteiger partial charge is 0.331 e. The minimum Gasteiger partial charge on any atom is -0.331 e. The Morgan fingerprint density at radius 3 is 2.39 bits per heavy atom. The molecule has 0 fully saturated rings. The normalized spacial score (nSPS) is 12.5. The van der Waals surface area contributed by atoms with Crippen LogP contribution in [-0.2, 0) is 6.18 Å². The van der Waals surface area contributed by atoms with Crippen molar-refractivity contribution in [3.05, 3.63) is 65.7 Å². The van der Waals surface area contributed by atoms with E-state index in [0.717, 1.165) is 17.7 Å². The van der Waals surface area contributed by atoms with E-state index in [4.69, 9.17) is 0 Å². The first kappa shape index (κ1) is 16.9. The van der Waals surface area contributed by atoms with E-state index in [1.54, 1.807) is 0 Å². The summed E-state index contributed by atoms with van der Waals surface area (Å²) >= 11 is 0. The molecule has 0 aliphatic rings. The number of carbonyl (C=O) groups excluding carboxylic acids is 1. The molecule has 2 N–H and O–H groups in total. The van der Waals surface area contributed by atoms with E-state index in [9.17, 15) is 18.0 Å². The molecule has 6 heteroatoms. The molecule has 0 spiro atoms. The van der Waals surface area contributed by atoms with Crippen molar-refractivity contribution in [3.63, 3.8) is 0 Å². The van der Waals surface area contributed by atoms with Crippen molar-refractivity contribution in [2.75, 3.05) is 5.32 Å². The van der Waals surface area contributed by atoms with E-state index in [1.165, 1.54) is 12.1 Å². The summed E-state index contributed by atoms with van der Waals surface area (Å²) in [5.41, 5.74) is 0.236. The Kier molecular flexibility index (Phi) is 5.26. The van der Waals surface area contributed by atoms with Gasteiger partial charge >= 0.3 is 12.2 Å². The molecule has 1 atom stereocenters. The van der Waals surface area contributed by atoms with Crippen LogP contribution in [0.15, 0.2) is 54.6 Å². The molecule has 0 aliphatic heterocycles. The average molecular weight is 322 g/mol. The zero-order valence-electron chi connectivity index (χ0n) is 12.5. The van der Waals surface area contributed by atoms with Crippen molar-refractivity contribution >= 4 is 11.7 Å². The van der Waals surface area contributed by atoms with Gasteiger partial charge in [0.15, 0.2) is 0 Å². The molecule has 2 aromatic rings. The highest BCUT2D eigenvalue weighted by atomic mass is 19.4. The summed E-state index contributed by atoms with van der Waals surface area (Å²) in [5.74, 6) is 0. The summed E-state index contributed by atoms with van der Waals surface area (Å²) in [6.45, 7) is 1.92. The van der Waals surface area contributed by atoms with Crippen molar-refractivity contribution in [2.24, 2.45) is 0 Å². The molecular formula is C17H17F3N2O. The minimum atomic E-state index is -4.44. The Morgan fingerprint density at radius 2 is 1.78 bits per heavy atom. The highest BCUT2D eigenvalue weighted by Gasteiger charge is 2.30. The fraction of sp³-hybridized carbons (Fsp3) is 0.235. The predicted octanol–water partition coefficient (Wildman–Crippen LogP) is 4.98. The average Bonchev–Trinajstić information content (AvgIpc) is 2.53. The van der Waals surface area contributed by atoms with Gasteiger partial charge in [-0.3, -0.25) is 0 Å². The molecule has 2 amide bonds. The molecule has 2 aromatic carbocycles. The van der Waals surface area contributed by atoms with Gasteiger partial charge in [-0.1, -0.05) is 43.3 Å². The molecule has 122 valence electrons. The second kappa shape index (κ2) is 7.17. The van der Waals surface area contributed by atoms with Gasteiger partial charge in [-0.2, -0.15) is 13.2 Å². The lowest BCUT2D eigenvalue weighted by Crippen LogP contribution is -2.32. The fourth-order valence-corrected chi connectivity index (χ4v) is 2.21. The molecule has 0 radical (unpaired) electrons. The Hall–Kier alpha value is -2.50. The second-order valence-corrected chi connectivity index (χ2v) is 5.05. The Bertz CT molecular complexity index is 656. The maximum absolute atomic E-state index is 12.7. The van der Waals surface area contributed by atoms with E-state index in [2.05, 4.69) is 10.6 Å². The van der Waals surface area contributed by atoms with Gasteiger partial charge < -0.3 is 10.6 Å². The van der Waals surface area contributed by atoms with Crippen LogP contribution in [0.25, 0.3) is 0 Å². The first-order valence-corrected chi connectivity index (χ1v) is 7.20. The molecular weight excluding hydrogens is 305 g/mol. The van der Waals surface area contributed by atoms with Gasteiger partial charge in [0.1, 0.15) is 0 Å². The van der Waals surface area contributed by atoms with Crippen molar-refractivity contribution in [2.45, 2.75) is 25.6 Å². The molecule has 23 heavy (non-hydrogen) atoms. The predicted molar refractivity (Wildman–Crippen MR) is 83.1 cm³/mol. The maximum Gasteiger partial charge on any atom is 0.416 e. The largest absolute Gasteiger partial charge is 0.416 e. The van der Waals surface area contributed by atoms with Crippen LogP contribution in [0.1, 0.15) is 30.5 Å². The van der Waals surface area contributed by atoms with Crippen LogP contribution in [-0.4, -0.2) is 6.03 Å². The van der Waals surface area contributed by atoms with Gasteiger partial charge in [0.2, 0.25) is 0 Å². The Labute approximate surface area is 132 Å². The molecule has 0 bridgehead atoms. The van der Waals surface area contributed by atoms with Gasteiger partial charge in [0, 0.05) is 5.69 Å². The van der Waals surface area contributed by atoms with Crippen LogP contribution < -0.4 is 10.6 Å². The number of anilines is 1. The highest BCUT2D eigenvalue weighted by Crippen LogP contribution is 2.30. The number of amides is 2. The second-order valence-electron chi connectivity index (χ2n) is 5.05. The molecule has 0 heterocycles. The minimum absolute atomic E-state index is 0.0974. The highest BCUT2D eigenvalue weighted by molar-refractivity contribution is 5.89. The number of hydrogen-bond donors (Lipinski definition) is 2. The maximum atomic E-state index is 12.7. The molecule has 2 rings (SSSR count). The summed E-state index contributed by atoms with van der Waals surface area (Å²) in [4.78, 5) is 12.0. The van der Waals surface area contributed by atoms with Gasteiger partial charge in [-0.15, -0.1) is 0 Å². The number of rotatable bonds is 4. The lowest BCUT2D eigenvalue weighted by atomic mass is 10.1. The molecule has 3 nitrogen and oxygen atoms in total. The first-order chi connectivity index (χ1) is 10.9. The molecule has 0 aromatic heterocycles. The summed E-state index contributed by atoms with van der Waals surface area (Å²) in [5, 5.41) is 5.20. The van der Waals surface area contributed by atoms with Crippen molar-refractivity contribution < 1.29 is 18.0 Å². The lowest BCUT2D eigenvalue weighted by molar-refractivity contribution is -0.137. The van der Waals surface area contributed by atoms with E-state index < -0.39 is 17.8 Å². The van der Waals surface area contributed by atoms with Gasteiger partial charge in [0.05, 0.1) is 11.6 Å². The quantitative estimate of drug-likeness (QED) is 0.819. The summed E-state index contributed by atoms with van der Waals surface area (Å²) in [6, 6.07) is 13.2. The zero-order chi connectivity index (χ0) is 16.9. The molecule has 0 aliphatic carbocycles. The number of nitrogens with one attached hydrogen (secondary N) is 2. The van der Waals surface area contributed by atoms with E-state index in [1.807, 2.05) is 37.3 Å². The number of urea groups is 1. The van der Waals surface area contributed by atoms with Crippen LogP contribution in [0.2, 0.25) is 0 Å². The van der Waals surface area contributed by atoms with Crippen molar-refractivity contribution in [3.8, 4) is 0 Å². The van der Waals surface area contributed by atoms with E-state index in [0.29, 0.717) is 6.42 Å². The van der Waals surface area contributed by atoms with Crippen LogP contribution in [0.3, 0.4) is 0 Å². The first-order valence-electron chi connectivity index (χ1n) is 7.20. The lowest BCUT2D eigenvalue weighted by Gasteiger charge is -2.18. The van der Waals surface area contributed by atoms with Gasteiger partial charge in [-0.25, -0.2) is 4.79 Å². The SMILES string of the molecule is CCC(NC(=O)Nc1cccc(C(F)(F)F)c1)c1ccccc1. The molecule has 0 saturated heterocycles. The number of halogens is 3. The number of carbonyl (C=O) groups is 1. The topological polar surface area (TPSA) is 41.1 Å². The van der Waals surface area contributed by atoms with Crippen molar-refractivity contribution in [1.82, 2.24) is 5.32 Å². The third-order valence-corrected chi connectivity index (χ3v) is 3.36. The van der Waals surface area contributed by atoms with Crippen LogP contribution >= 0.6 is 0 Å². The summed E-state index contributed by atoms with van der Waals surface area (Å²) in [7, 11) is 0. The van der Waals surface area contributed by atoms with Crippen molar-refractivity contribution in [1.29, 1.82) is 0 Å². The Balaban J connectivity index is 2.04. The fourth-order valence-electron chi connectivity index (χ4n) is 2.21. The molecule has 1 unspecified atom stereocenters.